The Kier molecular flexibility index (Phi) is 16.1. The van der Waals surface area contributed by atoms with Gasteiger partial charge in [0.25, 0.3) is 0 Å². The van der Waals surface area contributed by atoms with Gasteiger partial charge in [0, 0.05) is 5.41 Å². The summed E-state index contributed by atoms with van der Waals surface area (Å²) in [7, 11) is -4.46. The average Bonchev–Trinajstić information content (AvgIpc) is 3.60. The Labute approximate surface area is 374 Å². The summed E-state index contributed by atoms with van der Waals surface area (Å²) >= 11 is 0. The number of aliphatic hydroxyl groups is 1. The number of ether oxygens (including phenoxy) is 4. The van der Waals surface area contributed by atoms with Gasteiger partial charge in [-0.15, -0.1) is 0 Å². The first-order chi connectivity index (χ1) is 29.6. The van der Waals surface area contributed by atoms with E-state index in [0.717, 1.165) is 67.5 Å². The van der Waals surface area contributed by atoms with Crippen LogP contribution in [-0.4, -0.2) is 83.7 Å². The summed E-state index contributed by atoms with van der Waals surface area (Å²) in [6, 6.07) is 23.7. The zero-order chi connectivity index (χ0) is 44.9. The predicted molar refractivity (Wildman–Crippen MR) is 250 cm³/mol. The molecule has 3 aliphatic carbocycles. The van der Waals surface area contributed by atoms with Gasteiger partial charge in [0.2, 0.25) is 0 Å². The Morgan fingerprint density at radius 1 is 0.790 bits per heavy atom. The van der Waals surface area contributed by atoms with E-state index in [1.807, 2.05) is 36.4 Å². The summed E-state index contributed by atoms with van der Waals surface area (Å²) in [5.74, 6) is -0.463. The molecule has 9 nitrogen and oxygen atoms in total. The highest BCUT2D eigenvalue weighted by Crippen LogP contribution is 2.64. The second-order valence-electron chi connectivity index (χ2n) is 19.4. The highest BCUT2D eigenvalue weighted by molar-refractivity contribution is 6.74. The lowest BCUT2D eigenvalue weighted by Crippen LogP contribution is -2.61. The van der Waals surface area contributed by atoms with Crippen LogP contribution in [-0.2, 0) is 27.8 Å². The van der Waals surface area contributed by atoms with E-state index < -0.39 is 64.8 Å². The minimum Gasteiger partial charge on any atom is -0.454 e. The van der Waals surface area contributed by atoms with Crippen LogP contribution in [0.25, 0.3) is 0 Å². The van der Waals surface area contributed by atoms with Gasteiger partial charge in [-0.25, -0.2) is 9.59 Å². The van der Waals surface area contributed by atoms with Crippen LogP contribution in [0.1, 0.15) is 122 Å². The molecule has 1 aliphatic heterocycles. The highest BCUT2D eigenvalue weighted by Gasteiger charge is 2.58. The van der Waals surface area contributed by atoms with Gasteiger partial charge in [-0.2, -0.15) is 0 Å². The van der Waals surface area contributed by atoms with Crippen molar-refractivity contribution in [3.63, 3.8) is 0 Å². The molecule has 0 aromatic heterocycles. The van der Waals surface area contributed by atoms with E-state index in [-0.39, 0.29) is 23.9 Å². The summed E-state index contributed by atoms with van der Waals surface area (Å²) in [5.41, 5.74) is 4.46. The number of rotatable bonds is 18. The van der Waals surface area contributed by atoms with Crippen LogP contribution in [0.2, 0.25) is 36.3 Å². The van der Waals surface area contributed by atoms with Crippen molar-refractivity contribution in [2.75, 3.05) is 13.2 Å². The molecule has 4 aliphatic rings. The average molecular weight is 889 g/mol. The van der Waals surface area contributed by atoms with Crippen LogP contribution in [0.4, 0.5) is 0 Å². The normalized spacial score (nSPS) is 30.3. The molecule has 2 fully saturated rings. The largest absolute Gasteiger partial charge is 0.454 e. The Bertz CT molecular complexity index is 1860. The van der Waals surface area contributed by atoms with Crippen LogP contribution >= 0.6 is 0 Å². The number of hydrogen-bond acceptors (Lipinski definition) is 9. The quantitative estimate of drug-likeness (QED) is 0.0889. The van der Waals surface area contributed by atoms with Crippen LogP contribution in [0.5, 0.6) is 0 Å². The van der Waals surface area contributed by atoms with Crippen molar-refractivity contribution < 1.29 is 42.5 Å². The summed E-state index contributed by atoms with van der Waals surface area (Å²) in [6.45, 7) is 22.9. The fourth-order valence-electron chi connectivity index (χ4n) is 11.0. The molecule has 1 heterocycles. The second kappa shape index (κ2) is 20.5. The number of carbonyl (C=O) groups excluding carboxylic acids is 2. The molecule has 2 aromatic carbocycles. The predicted octanol–water partition coefficient (Wildman–Crippen LogP) is 11.5. The van der Waals surface area contributed by atoms with E-state index in [1.165, 1.54) is 11.1 Å². The molecule has 9 atom stereocenters. The maximum Gasteiger partial charge on any atom is 0.338 e. The minimum absolute atomic E-state index is 0.0295. The van der Waals surface area contributed by atoms with Crippen molar-refractivity contribution in [1.29, 1.82) is 0 Å². The summed E-state index contributed by atoms with van der Waals surface area (Å²) in [4.78, 5) is 27.5. The summed E-state index contributed by atoms with van der Waals surface area (Å²) in [5, 5.41) is 12.3. The molecule has 0 spiro atoms. The number of aliphatic hydroxyl groups excluding tert-OH is 1. The van der Waals surface area contributed by atoms with Crippen LogP contribution in [0, 0.1) is 22.7 Å². The van der Waals surface area contributed by atoms with Gasteiger partial charge in [-0.3, -0.25) is 0 Å². The van der Waals surface area contributed by atoms with Gasteiger partial charge in [0.1, 0.15) is 18.3 Å². The lowest BCUT2D eigenvalue weighted by molar-refractivity contribution is -0.285. The molecule has 0 radical (unpaired) electrons. The first-order valence-electron chi connectivity index (χ1n) is 23.9. The monoisotopic (exact) mass is 889 g/mol. The zero-order valence-corrected chi connectivity index (χ0v) is 41.4. The second-order valence-corrected chi connectivity index (χ2v) is 28.9. The summed E-state index contributed by atoms with van der Waals surface area (Å²) < 4.78 is 41.0. The number of hydrogen-bond donors (Lipinski definition) is 1. The van der Waals surface area contributed by atoms with Crippen molar-refractivity contribution in [1.82, 2.24) is 0 Å². The molecule has 1 saturated heterocycles. The molecular weight excluding hydrogens is 813 g/mol. The van der Waals surface area contributed by atoms with Gasteiger partial charge in [0.05, 0.1) is 30.4 Å². The third-order valence-corrected chi connectivity index (χ3v) is 25.2. The van der Waals surface area contributed by atoms with Crippen molar-refractivity contribution in [3.8, 4) is 0 Å². The van der Waals surface area contributed by atoms with E-state index in [4.69, 9.17) is 27.8 Å². The molecular formula is C51H76O9Si2. The van der Waals surface area contributed by atoms with Crippen LogP contribution in [0.15, 0.2) is 83.5 Å². The molecule has 1 N–H and O–H groups in total. The van der Waals surface area contributed by atoms with Crippen molar-refractivity contribution in [3.05, 3.63) is 94.6 Å². The molecule has 0 amide bonds. The van der Waals surface area contributed by atoms with Gasteiger partial charge < -0.3 is 32.9 Å². The highest BCUT2D eigenvalue weighted by atomic mass is 28.4. The topological polar surface area (TPSA) is 110 Å². The Morgan fingerprint density at radius 2 is 1.35 bits per heavy atom. The Morgan fingerprint density at radius 3 is 1.90 bits per heavy atom. The minimum atomic E-state index is -2.38. The lowest BCUT2D eigenvalue weighted by Gasteiger charge is -2.53. The van der Waals surface area contributed by atoms with Gasteiger partial charge in [0.15, 0.2) is 29.0 Å². The number of allylic oxidation sites excluding steroid dienone is 2. The molecule has 62 heavy (non-hydrogen) atoms. The number of carbonyl (C=O) groups is 2. The van der Waals surface area contributed by atoms with E-state index >= 15 is 0 Å². The van der Waals surface area contributed by atoms with E-state index in [9.17, 15) is 14.7 Å². The summed E-state index contributed by atoms with van der Waals surface area (Å²) in [6.07, 6.45) is 1.84. The van der Waals surface area contributed by atoms with Gasteiger partial charge in [-0.1, -0.05) is 123 Å². The maximum absolute atomic E-state index is 14.1. The maximum atomic E-state index is 14.1. The Hall–Kier alpha value is -2.91. The van der Waals surface area contributed by atoms with E-state index in [1.54, 1.807) is 24.3 Å². The molecule has 11 heteroatoms. The fourth-order valence-corrected chi connectivity index (χ4v) is 16.5. The smallest absolute Gasteiger partial charge is 0.338 e. The molecule has 6 rings (SSSR count). The Balaban J connectivity index is 1.46. The van der Waals surface area contributed by atoms with E-state index in [0.29, 0.717) is 30.1 Å². The zero-order valence-electron chi connectivity index (χ0n) is 39.4. The third kappa shape index (κ3) is 9.99. The molecule has 342 valence electrons. The number of esters is 2. The standard InChI is InChI=1S/C51H76O9Si2/c1-11-61(12-2,13-3)56-33-38-31-43(59-49-46(60-62(14-4,15-5)16-6)45(52)42(34-55-49)58-48(54)37-25-21-18-22-26-37)51(10)30-29-50(9)28-27-39(35(7)8)44(50)40(51)32-41(38)57-47(53)36-23-19-17-20-24-36/h17-26,31,35,40-43,45-46,49,52H,11-16,27-30,32-34H2,1-10H3/t40-,41-,42-,43+,45+,46-,49+,50-,51-/m1/s1. The fraction of sp³-hybridized carbons (Fsp3) is 0.647. The van der Waals surface area contributed by atoms with Gasteiger partial charge >= 0.3 is 11.9 Å². The van der Waals surface area contributed by atoms with Crippen LogP contribution < -0.4 is 0 Å². The SMILES string of the molecule is CC[Si](CC)(CC)OCC1=C[C@H](O[C@@H]2OC[C@@H](OC(=O)c3ccccc3)[C@H](O)[C@H]2O[Si](CC)(CC)CC)[C@]2(C)CC[C@@]3(C)CCC(C(C)C)=C3[C@H]2C[C@H]1OC(=O)c1ccccc1. The lowest BCUT2D eigenvalue weighted by atomic mass is 9.54. The van der Waals surface area contributed by atoms with Gasteiger partial charge in [-0.05, 0) is 115 Å². The molecule has 1 saturated carbocycles. The number of benzene rings is 2. The number of fused-ring (bicyclic) bond motifs is 3. The van der Waals surface area contributed by atoms with E-state index in [2.05, 4.69) is 75.3 Å². The molecule has 2 aromatic rings. The first-order valence-corrected chi connectivity index (χ1v) is 28.9. The van der Waals surface area contributed by atoms with Crippen LogP contribution in [0.3, 0.4) is 0 Å². The first kappa shape index (κ1) is 48.5. The molecule has 0 bridgehead atoms. The van der Waals surface area contributed by atoms with Crippen molar-refractivity contribution in [2.24, 2.45) is 22.7 Å². The van der Waals surface area contributed by atoms with Crippen molar-refractivity contribution in [2.45, 2.75) is 174 Å². The third-order valence-electron chi connectivity index (χ3n) is 15.9. The molecule has 0 unspecified atom stereocenters. The van der Waals surface area contributed by atoms with Crippen molar-refractivity contribution >= 4 is 28.6 Å².